The lowest BCUT2D eigenvalue weighted by Crippen LogP contribution is -2.27. The molecule has 0 saturated carbocycles. The van der Waals surface area contributed by atoms with Crippen molar-refractivity contribution in [1.29, 1.82) is 0 Å². The lowest BCUT2D eigenvalue weighted by molar-refractivity contribution is -0.118. The molecule has 3 heterocycles. The number of benzene rings is 1. The fraction of sp³-hybridized carbons (Fsp3) is 0.333. The number of hydrogen-bond acceptors (Lipinski definition) is 6. The Hall–Kier alpha value is -2.80. The fourth-order valence-electron chi connectivity index (χ4n) is 3.59. The van der Waals surface area contributed by atoms with Gasteiger partial charge in [-0.3, -0.25) is 4.79 Å². The zero-order chi connectivity index (χ0) is 19.8. The highest BCUT2D eigenvalue weighted by atomic mass is 32.1. The van der Waals surface area contributed by atoms with E-state index >= 15 is 0 Å². The summed E-state index contributed by atoms with van der Waals surface area (Å²) in [6, 6.07) is 8.21. The Bertz CT molecular complexity index is 1040. The number of rotatable bonds is 4. The molecule has 0 radical (unpaired) electrons. The van der Waals surface area contributed by atoms with Crippen LogP contribution in [0.3, 0.4) is 0 Å². The molecule has 144 valence electrons. The molecule has 0 fully saturated rings. The van der Waals surface area contributed by atoms with Crippen LogP contribution in [0.25, 0.3) is 11.3 Å². The molecule has 4 rings (SSSR count). The average molecular weight is 394 g/mol. The maximum atomic E-state index is 12.1. The van der Waals surface area contributed by atoms with Crippen molar-refractivity contribution in [2.45, 2.75) is 40.5 Å². The molecular weight excluding hydrogens is 370 g/mol. The summed E-state index contributed by atoms with van der Waals surface area (Å²) in [5.41, 5.74) is 6.12. The van der Waals surface area contributed by atoms with Crippen molar-refractivity contribution in [2.75, 3.05) is 16.8 Å². The van der Waals surface area contributed by atoms with E-state index < -0.39 is 0 Å². The van der Waals surface area contributed by atoms with Crippen LogP contribution in [-0.2, 0) is 11.2 Å². The van der Waals surface area contributed by atoms with Crippen LogP contribution in [0.1, 0.15) is 35.2 Å². The summed E-state index contributed by atoms with van der Waals surface area (Å²) >= 11 is 1.59. The number of carbonyl (C=O) groups is 1. The summed E-state index contributed by atoms with van der Waals surface area (Å²) in [5, 5.41) is 4.01. The highest BCUT2D eigenvalue weighted by Crippen LogP contribution is 2.36. The molecule has 1 aromatic carbocycles. The van der Waals surface area contributed by atoms with E-state index in [1.807, 2.05) is 37.8 Å². The van der Waals surface area contributed by atoms with Gasteiger partial charge in [0.1, 0.15) is 0 Å². The Morgan fingerprint density at radius 1 is 1.14 bits per heavy atom. The van der Waals surface area contributed by atoms with E-state index in [1.54, 1.807) is 11.3 Å². The molecule has 2 aromatic heterocycles. The van der Waals surface area contributed by atoms with Crippen molar-refractivity contribution >= 4 is 34.0 Å². The van der Waals surface area contributed by atoms with E-state index in [9.17, 15) is 4.79 Å². The van der Waals surface area contributed by atoms with Gasteiger partial charge in [-0.25, -0.2) is 15.0 Å². The first-order chi connectivity index (χ1) is 13.4. The Labute approximate surface area is 168 Å². The number of nitrogens with zero attached hydrogens (tertiary/aromatic N) is 4. The Morgan fingerprint density at radius 3 is 2.61 bits per heavy atom. The summed E-state index contributed by atoms with van der Waals surface area (Å²) in [5.74, 6) is 0.747. The number of aryl methyl sites for hydroxylation is 3. The van der Waals surface area contributed by atoms with Crippen molar-refractivity contribution < 1.29 is 4.79 Å². The molecule has 28 heavy (non-hydrogen) atoms. The van der Waals surface area contributed by atoms with Gasteiger partial charge in [0, 0.05) is 40.5 Å². The second-order valence-electron chi connectivity index (χ2n) is 7.02. The normalized spacial score (nSPS) is 12.9. The molecule has 1 aliphatic rings. The number of hydrogen-bond donors (Lipinski definition) is 1. The van der Waals surface area contributed by atoms with Crippen LogP contribution in [0, 0.1) is 20.8 Å². The summed E-state index contributed by atoms with van der Waals surface area (Å²) in [6.07, 6.45) is 1.42. The van der Waals surface area contributed by atoms with Gasteiger partial charge in [0.25, 0.3) is 0 Å². The van der Waals surface area contributed by atoms with Crippen LogP contribution >= 0.6 is 11.3 Å². The Balaban J connectivity index is 1.61. The second-order valence-corrected chi connectivity index (χ2v) is 8.22. The van der Waals surface area contributed by atoms with Crippen LogP contribution in [0.4, 0.5) is 16.8 Å². The number of fused-ring (bicyclic) bond motifs is 1. The van der Waals surface area contributed by atoms with Crippen LogP contribution in [0.5, 0.6) is 0 Å². The zero-order valence-corrected chi connectivity index (χ0v) is 17.4. The highest BCUT2D eigenvalue weighted by Gasteiger charge is 2.24. The first kappa shape index (κ1) is 18.6. The smallest absolute Gasteiger partial charge is 0.229 e. The Kier molecular flexibility index (Phi) is 4.85. The van der Waals surface area contributed by atoms with Gasteiger partial charge >= 0.3 is 0 Å². The quantitative estimate of drug-likeness (QED) is 0.703. The summed E-state index contributed by atoms with van der Waals surface area (Å²) < 4.78 is 0. The predicted molar refractivity (Wildman–Crippen MR) is 113 cm³/mol. The van der Waals surface area contributed by atoms with Gasteiger partial charge in [0.2, 0.25) is 11.9 Å². The number of thiazole rings is 1. The molecule has 0 unspecified atom stereocenters. The molecule has 1 aliphatic heterocycles. The van der Waals surface area contributed by atoms with E-state index in [4.69, 9.17) is 4.98 Å². The maximum absolute atomic E-state index is 12.1. The van der Waals surface area contributed by atoms with Gasteiger partial charge in [0.15, 0.2) is 5.13 Å². The van der Waals surface area contributed by atoms with E-state index in [2.05, 4.69) is 34.3 Å². The molecule has 1 N–H and O–H groups in total. The van der Waals surface area contributed by atoms with Crippen LogP contribution in [0.15, 0.2) is 24.3 Å². The van der Waals surface area contributed by atoms with E-state index in [1.165, 1.54) is 5.56 Å². The van der Waals surface area contributed by atoms with Gasteiger partial charge in [-0.1, -0.05) is 13.0 Å². The second kappa shape index (κ2) is 7.31. The lowest BCUT2D eigenvalue weighted by atomic mass is 10.1. The topological polar surface area (TPSA) is 71.0 Å². The van der Waals surface area contributed by atoms with E-state index in [0.717, 1.165) is 51.3 Å². The first-order valence-corrected chi connectivity index (χ1v) is 10.3. The average Bonchev–Trinajstić information content (AvgIpc) is 3.23. The fourth-order valence-corrected chi connectivity index (χ4v) is 4.42. The molecule has 1 amide bonds. The van der Waals surface area contributed by atoms with Crippen molar-refractivity contribution in [1.82, 2.24) is 15.0 Å². The van der Waals surface area contributed by atoms with Crippen molar-refractivity contribution in [3.63, 3.8) is 0 Å². The van der Waals surface area contributed by atoms with Gasteiger partial charge in [0.05, 0.1) is 5.69 Å². The molecule has 0 aliphatic carbocycles. The molecule has 0 saturated heterocycles. The van der Waals surface area contributed by atoms with Gasteiger partial charge in [-0.05, 0) is 51.0 Å². The predicted octanol–water partition coefficient (Wildman–Crippen LogP) is 4.57. The highest BCUT2D eigenvalue weighted by molar-refractivity contribution is 7.16. The largest absolute Gasteiger partial charge is 0.312 e. The molecule has 3 aromatic rings. The minimum atomic E-state index is 0.177. The van der Waals surface area contributed by atoms with Crippen molar-refractivity contribution in [2.24, 2.45) is 0 Å². The van der Waals surface area contributed by atoms with Crippen LogP contribution < -0.4 is 10.2 Å². The minimum absolute atomic E-state index is 0.177. The number of aromatic nitrogens is 3. The number of anilines is 3. The summed E-state index contributed by atoms with van der Waals surface area (Å²) in [4.78, 5) is 28.8. The summed E-state index contributed by atoms with van der Waals surface area (Å²) in [7, 11) is 0. The third-order valence-corrected chi connectivity index (χ3v) is 5.74. The standard InChI is InChI=1S/C21H23N5OS/c1-5-18(27)26-9-8-15-11-16(6-7-17(15)26)19-14(4)28-21(24-19)25-20-22-12(2)10-13(3)23-20/h6-7,10-11H,5,8-9H2,1-4H3,(H,22,23,24,25). The molecule has 0 atom stereocenters. The van der Waals surface area contributed by atoms with Crippen molar-refractivity contribution in [3.05, 3.63) is 46.1 Å². The number of carbonyl (C=O) groups excluding carboxylic acids is 1. The lowest BCUT2D eigenvalue weighted by Gasteiger charge is -2.16. The van der Waals surface area contributed by atoms with Crippen LogP contribution in [-0.4, -0.2) is 27.4 Å². The van der Waals surface area contributed by atoms with Gasteiger partial charge in [-0.2, -0.15) is 0 Å². The number of nitrogens with one attached hydrogen (secondary N) is 1. The monoisotopic (exact) mass is 393 g/mol. The number of amides is 1. The first-order valence-electron chi connectivity index (χ1n) is 9.45. The molecule has 0 spiro atoms. The summed E-state index contributed by atoms with van der Waals surface area (Å²) in [6.45, 7) is 8.64. The van der Waals surface area contributed by atoms with E-state index in [0.29, 0.717) is 12.4 Å². The van der Waals surface area contributed by atoms with Gasteiger partial charge < -0.3 is 10.2 Å². The SMILES string of the molecule is CCC(=O)N1CCc2cc(-c3nc(Nc4nc(C)cc(C)n4)sc3C)ccc21. The third-order valence-electron chi connectivity index (χ3n) is 4.85. The maximum Gasteiger partial charge on any atom is 0.229 e. The molecule has 6 nitrogen and oxygen atoms in total. The van der Waals surface area contributed by atoms with Gasteiger partial charge in [-0.15, -0.1) is 11.3 Å². The molecule has 0 bridgehead atoms. The zero-order valence-electron chi connectivity index (χ0n) is 16.5. The molecule has 7 heteroatoms. The third kappa shape index (κ3) is 3.49. The minimum Gasteiger partial charge on any atom is -0.312 e. The van der Waals surface area contributed by atoms with Crippen LogP contribution in [0.2, 0.25) is 0 Å². The van der Waals surface area contributed by atoms with Crippen molar-refractivity contribution in [3.8, 4) is 11.3 Å². The Morgan fingerprint density at radius 2 is 1.89 bits per heavy atom. The van der Waals surface area contributed by atoms with E-state index in [-0.39, 0.29) is 5.91 Å². The molecular formula is C21H23N5OS.